The van der Waals surface area contributed by atoms with Crippen molar-refractivity contribution in [1.82, 2.24) is 5.32 Å². The Hall–Kier alpha value is -0.380. The van der Waals surface area contributed by atoms with E-state index in [1.807, 2.05) is 24.3 Å². The lowest BCUT2D eigenvalue weighted by atomic mass is 10.2. The van der Waals surface area contributed by atoms with E-state index in [1.54, 1.807) is 6.26 Å². The third kappa shape index (κ3) is 5.64. The molecular weight excluding hydrogens is 242 g/mol. The van der Waals surface area contributed by atoms with Crippen LogP contribution in [0.25, 0.3) is 0 Å². The first-order valence-corrected chi connectivity index (χ1v) is 7.46. The molecule has 0 aromatic heterocycles. The molecule has 16 heavy (non-hydrogen) atoms. The Morgan fingerprint density at radius 1 is 1.50 bits per heavy atom. The molecule has 2 unspecified atom stereocenters. The molecule has 0 aliphatic carbocycles. The average Bonchev–Trinajstić information content (AvgIpc) is 2.23. The summed E-state index contributed by atoms with van der Waals surface area (Å²) in [5.74, 6) is 0.754. The maximum atomic E-state index is 10.9. The van der Waals surface area contributed by atoms with E-state index in [0.717, 1.165) is 23.7 Å². The maximum absolute atomic E-state index is 10.9. The Labute approximate surface area is 105 Å². The second-order valence-corrected chi connectivity index (χ2v) is 5.97. The summed E-state index contributed by atoms with van der Waals surface area (Å²) in [6.07, 6.45) is 2.67. The van der Waals surface area contributed by atoms with Crippen molar-refractivity contribution in [2.45, 2.75) is 25.9 Å². The van der Waals surface area contributed by atoms with E-state index in [9.17, 15) is 4.21 Å². The first-order valence-electron chi connectivity index (χ1n) is 5.36. The average molecular weight is 260 g/mol. The van der Waals surface area contributed by atoms with Crippen LogP contribution in [0.5, 0.6) is 0 Å². The number of hydrogen-bond donors (Lipinski definition) is 1. The zero-order valence-corrected chi connectivity index (χ0v) is 11.3. The molecule has 0 saturated carbocycles. The summed E-state index contributed by atoms with van der Waals surface area (Å²) in [5.41, 5.74) is 1.18. The van der Waals surface area contributed by atoms with Gasteiger partial charge >= 0.3 is 0 Å². The summed E-state index contributed by atoms with van der Waals surface area (Å²) in [5, 5.41) is 4.15. The summed E-state index contributed by atoms with van der Waals surface area (Å²) in [6, 6.07) is 8.20. The molecule has 90 valence electrons. The Balaban J connectivity index is 2.31. The summed E-state index contributed by atoms with van der Waals surface area (Å²) in [4.78, 5) is 0. The molecule has 0 bridgehead atoms. The quantitative estimate of drug-likeness (QED) is 0.851. The normalized spacial score (nSPS) is 14.7. The summed E-state index contributed by atoms with van der Waals surface area (Å²) >= 11 is 5.89. The van der Waals surface area contributed by atoms with Crippen molar-refractivity contribution in [1.29, 1.82) is 0 Å². The molecule has 1 N–H and O–H groups in total. The number of benzene rings is 1. The summed E-state index contributed by atoms with van der Waals surface area (Å²) < 4.78 is 10.9. The van der Waals surface area contributed by atoms with E-state index in [1.165, 1.54) is 5.56 Å². The molecule has 1 aromatic carbocycles. The Kier molecular flexibility index (Phi) is 6.03. The van der Waals surface area contributed by atoms with E-state index >= 15 is 0 Å². The molecule has 0 aliphatic heterocycles. The minimum absolute atomic E-state index is 0.378. The summed E-state index contributed by atoms with van der Waals surface area (Å²) in [6.45, 7) is 2.91. The van der Waals surface area contributed by atoms with E-state index in [0.29, 0.717) is 6.04 Å². The zero-order valence-electron chi connectivity index (χ0n) is 9.70. The number of halogens is 1. The van der Waals surface area contributed by atoms with Crippen molar-refractivity contribution in [2.24, 2.45) is 0 Å². The monoisotopic (exact) mass is 259 g/mol. The lowest BCUT2D eigenvalue weighted by molar-refractivity contribution is 0.535. The molecule has 0 aliphatic rings. The van der Waals surface area contributed by atoms with Crippen LogP contribution in [0.2, 0.25) is 5.02 Å². The van der Waals surface area contributed by atoms with E-state index in [2.05, 4.69) is 12.2 Å². The van der Waals surface area contributed by atoms with Gasteiger partial charge in [0.05, 0.1) is 0 Å². The first kappa shape index (κ1) is 13.7. The third-order valence-corrected chi connectivity index (χ3v) is 3.43. The summed E-state index contributed by atoms with van der Waals surface area (Å²) in [7, 11) is -0.699. The largest absolute Gasteiger partial charge is 0.310 e. The van der Waals surface area contributed by atoms with Gasteiger partial charge in [0.25, 0.3) is 0 Å². The number of rotatable bonds is 6. The van der Waals surface area contributed by atoms with Gasteiger partial charge in [0, 0.05) is 40.4 Å². The molecule has 0 heterocycles. The molecule has 2 atom stereocenters. The molecule has 2 nitrogen and oxygen atoms in total. The second kappa shape index (κ2) is 7.05. The van der Waals surface area contributed by atoms with Crippen molar-refractivity contribution >= 4 is 22.4 Å². The molecule has 0 saturated heterocycles. The van der Waals surface area contributed by atoms with Crippen LogP contribution in [0.4, 0.5) is 0 Å². The second-order valence-electron chi connectivity index (χ2n) is 3.98. The standard InChI is InChI=1S/C12H18ClNOS/c1-10(6-7-16(2)15)14-9-11-4-3-5-12(13)8-11/h3-5,8,10,14H,6-7,9H2,1-2H3. The van der Waals surface area contributed by atoms with Gasteiger partial charge in [-0.15, -0.1) is 0 Å². The minimum atomic E-state index is -0.699. The zero-order chi connectivity index (χ0) is 12.0. The van der Waals surface area contributed by atoms with Crippen molar-refractivity contribution in [3.8, 4) is 0 Å². The molecule has 0 amide bonds. The van der Waals surface area contributed by atoms with Gasteiger partial charge in [-0.1, -0.05) is 23.7 Å². The smallest absolute Gasteiger partial charge is 0.0409 e. The van der Waals surface area contributed by atoms with Gasteiger partial charge in [-0.3, -0.25) is 4.21 Å². The lowest BCUT2D eigenvalue weighted by Gasteiger charge is -2.13. The Bertz CT molecular complexity index is 357. The van der Waals surface area contributed by atoms with Gasteiger partial charge < -0.3 is 5.32 Å². The molecule has 1 aromatic rings. The van der Waals surface area contributed by atoms with Crippen LogP contribution in [0, 0.1) is 0 Å². The fourth-order valence-electron chi connectivity index (χ4n) is 1.38. The van der Waals surface area contributed by atoms with Gasteiger partial charge in [-0.25, -0.2) is 0 Å². The molecule has 0 fully saturated rings. The van der Waals surface area contributed by atoms with Crippen LogP contribution >= 0.6 is 11.6 Å². The van der Waals surface area contributed by atoms with E-state index < -0.39 is 10.8 Å². The van der Waals surface area contributed by atoms with Crippen molar-refractivity contribution < 1.29 is 4.21 Å². The predicted molar refractivity (Wildman–Crippen MR) is 71.3 cm³/mol. The molecular formula is C12H18ClNOS. The van der Waals surface area contributed by atoms with Crippen LogP contribution < -0.4 is 5.32 Å². The van der Waals surface area contributed by atoms with Crippen molar-refractivity contribution in [3.05, 3.63) is 34.9 Å². The fraction of sp³-hybridized carbons (Fsp3) is 0.500. The van der Waals surface area contributed by atoms with E-state index in [4.69, 9.17) is 11.6 Å². The highest BCUT2D eigenvalue weighted by atomic mass is 35.5. The van der Waals surface area contributed by atoms with Crippen LogP contribution in [0.1, 0.15) is 18.9 Å². The van der Waals surface area contributed by atoms with Crippen LogP contribution in [-0.4, -0.2) is 22.3 Å². The maximum Gasteiger partial charge on any atom is 0.0409 e. The topological polar surface area (TPSA) is 29.1 Å². The van der Waals surface area contributed by atoms with Crippen molar-refractivity contribution in [3.63, 3.8) is 0 Å². The van der Waals surface area contributed by atoms with Crippen LogP contribution in [0.15, 0.2) is 24.3 Å². The van der Waals surface area contributed by atoms with Crippen LogP contribution in [0.3, 0.4) is 0 Å². The molecule has 4 heteroatoms. The number of hydrogen-bond acceptors (Lipinski definition) is 2. The molecule has 0 spiro atoms. The Morgan fingerprint density at radius 2 is 2.25 bits per heavy atom. The van der Waals surface area contributed by atoms with Gasteiger partial charge in [-0.05, 0) is 31.0 Å². The highest BCUT2D eigenvalue weighted by Gasteiger charge is 2.02. The van der Waals surface area contributed by atoms with E-state index in [-0.39, 0.29) is 0 Å². The number of nitrogens with one attached hydrogen (secondary N) is 1. The molecule has 0 radical (unpaired) electrons. The van der Waals surface area contributed by atoms with Crippen molar-refractivity contribution in [2.75, 3.05) is 12.0 Å². The van der Waals surface area contributed by atoms with Gasteiger partial charge in [0.2, 0.25) is 0 Å². The van der Waals surface area contributed by atoms with Crippen LogP contribution in [-0.2, 0) is 17.3 Å². The van der Waals surface area contributed by atoms with Gasteiger partial charge in [-0.2, -0.15) is 0 Å². The highest BCUT2D eigenvalue weighted by molar-refractivity contribution is 7.84. The first-order chi connectivity index (χ1) is 7.58. The van der Waals surface area contributed by atoms with Gasteiger partial charge in [0.15, 0.2) is 0 Å². The lowest BCUT2D eigenvalue weighted by Crippen LogP contribution is -2.26. The molecule has 1 rings (SSSR count). The SMILES string of the molecule is CC(CCS(C)=O)NCc1cccc(Cl)c1. The predicted octanol–water partition coefficient (Wildman–Crippen LogP) is 2.59. The fourth-order valence-corrected chi connectivity index (χ4v) is 2.28. The van der Waals surface area contributed by atoms with Gasteiger partial charge in [0.1, 0.15) is 0 Å². The minimum Gasteiger partial charge on any atom is -0.310 e. The third-order valence-electron chi connectivity index (χ3n) is 2.38. The Morgan fingerprint density at radius 3 is 2.88 bits per heavy atom. The highest BCUT2D eigenvalue weighted by Crippen LogP contribution is 2.10.